The van der Waals surface area contributed by atoms with Crippen LogP contribution < -0.4 is 10.6 Å². The highest BCUT2D eigenvalue weighted by molar-refractivity contribution is 5.88. The number of ether oxygens (including phenoxy) is 4. The maximum Gasteiger partial charge on any atom is 0.407 e. The fourth-order valence-electron chi connectivity index (χ4n) is 11.0. The fourth-order valence-corrected chi connectivity index (χ4v) is 11.0. The first-order valence-corrected chi connectivity index (χ1v) is 23.7. The van der Waals surface area contributed by atoms with Gasteiger partial charge in [0.25, 0.3) is 5.91 Å². The third kappa shape index (κ3) is 9.10. The molecule has 4 N–H and O–H groups in total. The Morgan fingerprint density at radius 1 is 0.721 bits per heavy atom. The van der Waals surface area contributed by atoms with Crippen LogP contribution in [-0.2, 0) is 54.2 Å². The van der Waals surface area contributed by atoms with E-state index in [1.54, 1.807) is 14.2 Å². The lowest BCUT2D eigenvalue weighted by Crippen LogP contribution is -2.51. The van der Waals surface area contributed by atoms with Gasteiger partial charge in [0.15, 0.2) is 0 Å². The topological polar surface area (TPSA) is 193 Å². The summed E-state index contributed by atoms with van der Waals surface area (Å²) in [4.78, 5) is 74.3. The molecule has 6 atom stereocenters. The number of likely N-dealkylation sites (tertiary alicyclic amines) is 2. The van der Waals surface area contributed by atoms with Crippen molar-refractivity contribution < 1.29 is 38.1 Å². The Morgan fingerprint density at radius 2 is 1.35 bits per heavy atom. The lowest BCUT2D eigenvalue weighted by atomic mass is 9.87. The molecule has 2 saturated heterocycles. The predicted octanol–water partition coefficient (Wildman–Crippen LogP) is 7.27. The van der Waals surface area contributed by atoms with Gasteiger partial charge in [-0.1, -0.05) is 74.5 Å². The molecule has 2 aliphatic carbocycles. The number of benzene rings is 3. The largest absolute Gasteiger partial charge is 0.453 e. The molecule has 0 spiro atoms. The van der Waals surface area contributed by atoms with Crippen molar-refractivity contribution in [2.45, 2.75) is 83.0 Å². The first-order valence-electron chi connectivity index (χ1n) is 23.7. The van der Waals surface area contributed by atoms with Gasteiger partial charge >= 0.3 is 12.2 Å². The van der Waals surface area contributed by atoms with E-state index in [1.807, 2.05) is 60.2 Å². The lowest BCUT2D eigenvalue weighted by molar-refractivity contribution is -0.136. The van der Waals surface area contributed by atoms with Gasteiger partial charge in [0.2, 0.25) is 5.91 Å². The van der Waals surface area contributed by atoms with Crippen LogP contribution in [0, 0.1) is 17.8 Å². The van der Waals surface area contributed by atoms with E-state index in [0.29, 0.717) is 50.5 Å². The molecular formula is C52H62N8O8. The first kappa shape index (κ1) is 46.6. The second-order valence-electron chi connectivity index (χ2n) is 18.9. The number of hydrogen-bond acceptors (Lipinski definition) is 10. The van der Waals surface area contributed by atoms with Crippen molar-refractivity contribution in [1.29, 1.82) is 0 Å². The zero-order valence-corrected chi connectivity index (χ0v) is 39.7. The molecule has 9 rings (SSSR count). The smallest absolute Gasteiger partial charge is 0.407 e. The van der Waals surface area contributed by atoms with Gasteiger partial charge in [-0.25, -0.2) is 19.6 Å². The molecule has 2 aliphatic heterocycles. The number of aromatic amines is 2. The molecule has 0 radical (unpaired) electrons. The van der Waals surface area contributed by atoms with Crippen LogP contribution >= 0.6 is 0 Å². The number of nitrogens with one attached hydrogen (secondary N) is 4. The molecule has 2 aromatic heterocycles. The zero-order chi connectivity index (χ0) is 47.6. The maximum atomic E-state index is 14.5. The second kappa shape index (κ2) is 20.0. The highest BCUT2D eigenvalue weighted by Crippen LogP contribution is 2.44. The average molecular weight is 927 g/mol. The zero-order valence-electron chi connectivity index (χ0n) is 39.7. The number of carbonyl (C=O) groups is 4. The van der Waals surface area contributed by atoms with Crippen molar-refractivity contribution >= 4 is 24.0 Å². The molecule has 2 fully saturated rings. The quantitative estimate of drug-likeness (QED) is 0.0881. The van der Waals surface area contributed by atoms with Crippen LogP contribution in [0.25, 0.3) is 33.6 Å². The molecule has 0 bridgehead atoms. The summed E-state index contributed by atoms with van der Waals surface area (Å²) >= 11 is 0. The lowest BCUT2D eigenvalue weighted by Gasteiger charge is -2.30. The highest BCUT2D eigenvalue weighted by atomic mass is 16.5. The van der Waals surface area contributed by atoms with Gasteiger partial charge in [0.05, 0.1) is 57.1 Å². The fraction of sp³-hybridized carbons (Fsp3) is 0.462. The summed E-state index contributed by atoms with van der Waals surface area (Å²) in [6.45, 7) is 5.79. The summed E-state index contributed by atoms with van der Waals surface area (Å²) in [5, 5.41) is 5.52. The number of methoxy groups -OCH3 is 4. The molecule has 5 aromatic rings. The van der Waals surface area contributed by atoms with E-state index in [0.717, 1.165) is 66.1 Å². The molecule has 16 nitrogen and oxygen atoms in total. The van der Waals surface area contributed by atoms with Crippen molar-refractivity contribution in [2.75, 3.05) is 54.7 Å². The van der Waals surface area contributed by atoms with Gasteiger partial charge in [-0.15, -0.1) is 0 Å². The minimum absolute atomic E-state index is 0.0898. The number of nitrogens with zero attached hydrogens (tertiary/aromatic N) is 4. The Labute approximate surface area is 396 Å². The summed E-state index contributed by atoms with van der Waals surface area (Å²) in [7, 11) is 5.93. The third-order valence-corrected chi connectivity index (χ3v) is 14.3. The average Bonchev–Trinajstić information content (AvgIpc) is 4.22. The van der Waals surface area contributed by atoms with E-state index in [9.17, 15) is 19.2 Å². The Morgan fingerprint density at radius 3 is 2.03 bits per heavy atom. The maximum absolute atomic E-state index is 14.5. The van der Waals surface area contributed by atoms with E-state index >= 15 is 0 Å². The van der Waals surface area contributed by atoms with Crippen LogP contribution in [0.5, 0.6) is 0 Å². The monoisotopic (exact) mass is 926 g/mol. The number of aromatic nitrogens is 4. The second-order valence-corrected chi connectivity index (χ2v) is 18.9. The predicted molar refractivity (Wildman–Crippen MR) is 254 cm³/mol. The summed E-state index contributed by atoms with van der Waals surface area (Å²) in [5.74, 6) is 1.11. The van der Waals surface area contributed by atoms with Crippen LogP contribution in [-0.4, -0.2) is 115 Å². The Balaban J connectivity index is 0.970. The van der Waals surface area contributed by atoms with Crippen LogP contribution in [0.1, 0.15) is 90.8 Å². The number of fused-ring (bicyclic) bond motifs is 4. The SMILES string of the molecule is COC[C@H]1C[C@@H](c2ncc(-c3ccc(-c4ccc5c(c4)CCc4[nH]c([C@@H]6C[C@H](COC)CN6C(=O)[C@H](NC(=O)OC)c6ccccc6)nc4-5)c4c3CCC4)[nH]2)N(C(=O)[C@@H](NC(=O)OC)C(C)C)C1. The van der Waals surface area contributed by atoms with E-state index < -0.39 is 24.3 Å². The summed E-state index contributed by atoms with van der Waals surface area (Å²) in [6, 6.07) is 18.1. The Hall–Kier alpha value is -6.52. The highest BCUT2D eigenvalue weighted by Gasteiger charge is 2.43. The number of amides is 4. The van der Waals surface area contributed by atoms with E-state index in [4.69, 9.17) is 28.9 Å². The molecule has 16 heteroatoms. The van der Waals surface area contributed by atoms with Gasteiger partial charge in [0, 0.05) is 56.0 Å². The number of rotatable bonds is 14. The number of imidazole rings is 2. The summed E-state index contributed by atoms with van der Waals surface area (Å²) < 4.78 is 20.9. The standard InChI is InChI=1S/C52H62N8O8/c1-29(2)44(57-51(63)67-5)49(61)59-25-30(27-65-3)21-42(59)47-53-24-41(55-47)39-19-18-35(37-13-10-14-38(37)39)33-15-17-36-34(23-33)16-20-40-46(36)56-48(54-40)43-22-31(28-66-4)26-60(43)50(62)45(58-52(64)68-6)32-11-8-7-9-12-32/h7-9,11-12,15,17-19,23-24,29-31,42-45H,10,13-14,16,20-22,25-28H2,1-6H3,(H,53,55)(H,54,56)(H,57,63)(H,58,64)/t30-,31-,42-,43-,44-,45+/m0/s1. The van der Waals surface area contributed by atoms with Crippen LogP contribution in [0.4, 0.5) is 9.59 Å². The van der Waals surface area contributed by atoms with Crippen LogP contribution in [0.15, 0.2) is 66.9 Å². The number of carbonyl (C=O) groups excluding carboxylic acids is 4. The van der Waals surface area contributed by atoms with Gasteiger partial charge < -0.3 is 49.3 Å². The van der Waals surface area contributed by atoms with Crippen molar-refractivity contribution in [3.63, 3.8) is 0 Å². The Bertz CT molecular complexity index is 2660. The normalized spacial score (nSPS) is 20.4. The van der Waals surface area contributed by atoms with Crippen molar-refractivity contribution in [3.8, 4) is 33.6 Å². The molecule has 358 valence electrons. The third-order valence-electron chi connectivity index (χ3n) is 14.3. The Kier molecular flexibility index (Phi) is 13.7. The molecule has 3 aromatic carbocycles. The molecule has 4 heterocycles. The van der Waals surface area contributed by atoms with Gasteiger partial charge in [-0.05, 0) is 84.2 Å². The number of aryl methyl sites for hydroxylation is 2. The molecule has 68 heavy (non-hydrogen) atoms. The number of H-pyrrole nitrogens is 2. The van der Waals surface area contributed by atoms with E-state index in [2.05, 4.69) is 50.9 Å². The van der Waals surface area contributed by atoms with Crippen LogP contribution in [0.2, 0.25) is 0 Å². The summed E-state index contributed by atoms with van der Waals surface area (Å²) in [5.41, 5.74) is 12.0. The van der Waals surface area contributed by atoms with Crippen molar-refractivity contribution in [2.24, 2.45) is 17.8 Å². The van der Waals surface area contributed by atoms with Crippen LogP contribution in [0.3, 0.4) is 0 Å². The number of hydrogen-bond donors (Lipinski definition) is 4. The molecule has 0 saturated carbocycles. The van der Waals surface area contributed by atoms with Crippen molar-refractivity contribution in [3.05, 3.63) is 106 Å². The van der Waals surface area contributed by atoms with E-state index in [-0.39, 0.29) is 41.7 Å². The molecular weight excluding hydrogens is 865 g/mol. The minimum atomic E-state index is -0.931. The van der Waals surface area contributed by atoms with Gasteiger partial charge in [-0.3, -0.25) is 9.59 Å². The molecule has 4 aliphatic rings. The minimum Gasteiger partial charge on any atom is -0.453 e. The van der Waals surface area contributed by atoms with Crippen molar-refractivity contribution in [1.82, 2.24) is 40.4 Å². The van der Waals surface area contributed by atoms with Gasteiger partial charge in [-0.2, -0.15) is 0 Å². The number of alkyl carbamates (subject to hydrolysis) is 2. The molecule has 4 amide bonds. The molecule has 0 unspecified atom stereocenters. The van der Waals surface area contributed by atoms with E-state index in [1.165, 1.54) is 42.0 Å². The van der Waals surface area contributed by atoms with Gasteiger partial charge in [0.1, 0.15) is 23.7 Å². The summed E-state index contributed by atoms with van der Waals surface area (Å²) in [6.07, 6.45) is 6.52. The first-order chi connectivity index (χ1) is 33.0.